The van der Waals surface area contributed by atoms with Crippen molar-refractivity contribution in [3.8, 4) is 0 Å². The summed E-state index contributed by atoms with van der Waals surface area (Å²) in [6.07, 6.45) is 6.58. The van der Waals surface area contributed by atoms with Crippen LogP contribution < -0.4 is 10.2 Å². The summed E-state index contributed by atoms with van der Waals surface area (Å²) in [5.41, 5.74) is 0.697. The van der Waals surface area contributed by atoms with Crippen molar-refractivity contribution >= 4 is 34.8 Å². The lowest BCUT2D eigenvalue weighted by Gasteiger charge is -2.20. The molecular weight excluding hydrogens is 388 g/mol. The molecule has 1 heterocycles. The smallest absolute Gasteiger partial charge is 0.340 e. The predicted octanol–water partition coefficient (Wildman–Crippen LogP) is 4.02. The molecule has 2 aromatic rings. The molecule has 0 spiro atoms. The highest BCUT2D eigenvalue weighted by Gasteiger charge is 2.22. The molecule has 0 atom stereocenters. The molecule has 29 heavy (non-hydrogen) atoms. The first-order chi connectivity index (χ1) is 14.1. The highest BCUT2D eigenvalue weighted by atomic mass is 32.1. The number of amides is 2. The maximum atomic E-state index is 12.6. The molecule has 1 N–H and O–H groups in total. The minimum absolute atomic E-state index is 0.158. The van der Waals surface area contributed by atoms with E-state index in [1.807, 2.05) is 5.38 Å². The topological polar surface area (TPSA) is 75.7 Å². The summed E-state index contributed by atoms with van der Waals surface area (Å²) in [7, 11) is 1.62. The van der Waals surface area contributed by atoms with Gasteiger partial charge in [-0.25, -0.2) is 4.79 Å². The van der Waals surface area contributed by atoms with Crippen molar-refractivity contribution in [2.24, 2.45) is 0 Å². The van der Waals surface area contributed by atoms with Gasteiger partial charge < -0.3 is 15.0 Å². The Morgan fingerprint density at radius 3 is 2.48 bits per heavy atom. The van der Waals surface area contributed by atoms with E-state index in [1.165, 1.54) is 29.1 Å². The van der Waals surface area contributed by atoms with Crippen molar-refractivity contribution in [3.63, 3.8) is 0 Å². The van der Waals surface area contributed by atoms with Gasteiger partial charge in [-0.1, -0.05) is 43.9 Å². The number of ether oxygens (including phenoxy) is 1. The zero-order valence-electron chi connectivity index (χ0n) is 16.6. The molecule has 1 fully saturated rings. The fraction of sp³-hybridized carbons (Fsp3) is 0.409. The van der Waals surface area contributed by atoms with Gasteiger partial charge in [0.15, 0.2) is 6.61 Å². The first-order valence-corrected chi connectivity index (χ1v) is 10.8. The van der Waals surface area contributed by atoms with Gasteiger partial charge >= 0.3 is 5.97 Å². The van der Waals surface area contributed by atoms with Crippen LogP contribution in [0.25, 0.3) is 0 Å². The molecule has 154 valence electrons. The largest absolute Gasteiger partial charge is 0.452 e. The molecule has 1 aliphatic carbocycles. The maximum absolute atomic E-state index is 12.6. The number of thiophene rings is 1. The zero-order chi connectivity index (χ0) is 20.6. The normalized spacial score (nSPS) is 14.7. The number of rotatable bonds is 6. The SMILES string of the molecule is CN(C(=O)c1cccs1)c1ccccc1C(=O)OCC(=O)NC1CCCCCC1. The number of anilines is 1. The van der Waals surface area contributed by atoms with Gasteiger partial charge in [-0.15, -0.1) is 11.3 Å². The van der Waals surface area contributed by atoms with Crippen LogP contribution in [0.1, 0.15) is 58.6 Å². The monoisotopic (exact) mass is 414 g/mol. The molecule has 1 aliphatic rings. The molecule has 3 rings (SSSR count). The summed E-state index contributed by atoms with van der Waals surface area (Å²) < 4.78 is 5.24. The number of nitrogens with one attached hydrogen (secondary N) is 1. The third kappa shape index (κ3) is 5.67. The average Bonchev–Trinajstić information content (AvgIpc) is 3.16. The van der Waals surface area contributed by atoms with E-state index in [0.29, 0.717) is 10.6 Å². The highest BCUT2D eigenvalue weighted by molar-refractivity contribution is 7.12. The average molecular weight is 415 g/mol. The quantitative estimate of drug-likeness (QED) is 0.572. The lowest BCUT2D eigenvalue weighted by atomic mass is 10.1. The second kappa shape index (κ2) is 10.2. The summed E-state index contributed by atoms with van der Waals surface area (Å²) >= 11 is 1.34. The number of para-hydroxylation sites is 1. The minimum atomic E-state index is -0.623. The first kappa shape index (κ1) is 21.0. The molecule has 0 unspecified atom stereocenters. The Balaban J connectivity index is 1.61. The van der Waals surface area contributed by atoms with E-state index in [2.05, 4.69) is 5.32 Å². The minimum Gasteiger partial charge on any atom is -0.452 e. The molecular formula is C22H26N2O4S. The van der Waals surface area contributed by atoms with Gasteiger partial charge in [-0.2, -0.15) is 0 Å². The maximum Gasteiger partial charge on any atom is 0.340 e. The van der Waals surface area contributed by atoms with Crippen LogP contribution in [0.4, 0.5) is 5.69 Å². The van der Waals surface area contributed by atoms with Crippen LogP contribution in [-0.4, -0.2) is 37.5 Å². The Morgan fingerprint density at radius 1 is 1.07 bits per heavy atom. The van der Waals surface area contributed by atoms with Crippen LogP contribution in [0, 0.1) is 0 Å². The van der Waals surface area contributed by atoms with Gasteiger partial charge in [0.1, 0.15) is 0 Å². The second-order valence-electron chi connectivity index (χ2n) is 7.19. The molecule has 0 bridgehead atoms. The fourth-order valence-electron chi connectivity index (χ4n) is 3.52. The molecule has 1 saturated carbocycles. The Morgan fingerprint density at radius 2 is 1.79 bits per heavy atom. The Hall–Kier alpha value is -2.67. The Kier molecular flexibility index (Phi) is 7.41. The number of hydrogen-bond acceptors (Lipinski definition) is 5. The van der Waals surface area contributed by atoms with Crippen molar-refractivity contribution in [1.29, 1.82) is 0 Å². The van der Waals surface area contributed by atoms with Crippen molar-refractivity contribution in [1.82, 2.24) is 5.32 Å². The third-order valence-corrected chi connectivity index (χ3v) is 5.93. The lowest BCUT2D eigenvalue weighted by molar-refractivity contribution is -0.125. The number of hydrogen-bond donors (Lipinski definition) is 1. The zero-order valence-corrected chi connectivity index (χ0v) is 17.4. The molecule has 0 saturated heterocycles. The number of esters is 1. The molecule has 0 radical (unpaired) electrons. The van der Waals surface area contributed by atoms with E-state index in [0.717, 1.165) is 25.7 Å². The van der Waals surface area contributed by atoms with Gasteiger partial charge in [0.05, 0.1) is 16.1 Å². The number of nitrogens with zero attached hydrogens (tertiary/aromatic N) is 1. The summed E-state index contributed by atoms with van der Waals surface area (Å²) in [6.45, 7) is -0.327. The molecule has 1 aromatic carbocycles. The van der Waals surface area contributed by atoms with Gasteiger partial charge in [0, 0.05) is 13.1 Å². The van der Waals surface area contributed by atoms with E-state index < -0.39 is 5.97 Å². The standard InChI is InChI=1S/C22H26N2O4S/c1-24(21(26)19-13-8-14-29-19)18-12-7-6-11-17(18)22(27)28-15-20(25)23-16-9-4-2-3-5-10-16/h6-8,11-14,16H,2-5,9-10,15H2,1H3,(H,23,25). The van der Waals surface area contributed by atoms with Crippen LogP contribution in [0.15, 0.2) is 41.8 Å². The number of carbonyl (C=O) groups is 3. The number of carbonyl (C=O) groups excluding carboxylic acids is 3. The Bertz CT molecular complexity index is 842. The summed E-state index contributed by atoms with van der Waals surface area (Å²) in [5, 5.41) is 4.79. The lowest BCUT2D eigenvalue weighted by Crippen LogP contribution is -2.37. The fourth-order valence-corrected chi connectivity index (χ4v) is 4.21. The molecule has 2 amide bonds. The first-order valence-electron chi connectivity index (χ1n) is 9.93. The number of benzene rings is 1. The van der Waals surface area contributed by atoms with Crippen LogP contribution in [0.5, 0.6) is 0 Å². The summed E-state index contributed by atoms with van der Waals surface area (Å²) in [4.78, 5) is 39.4. The van der Waals surface area contributed by atoms with E-state index in [9.17, 15) is 14.4 Å². The van der Waals surface area contributed by atoms with Crippen LogP contribution >= 0.6 is 11.3 Å². The predicted molar refractivity (Wildman–Crippen MR) is 113 cm³/mol. The van der Waals surface area contributed by atoms with Gasteiger partial charge in [0.2, 0.25) is 0 Å². The molecule has 0 aliphatic heterocycles. The van der Waals surface area contributed by atoms with Crippen molar-refractivity contribution in [2.45, 2.75) is 44.6 Å². The van der Waals surface area contributed by atoms with Crippen LogP contribution in [0.2, 0.25) is 0 Å². The van der Waals surface area contributed by atoms with E-state index in [4.69, 9.17) is 4.74 Å². The van der Waals surface area contributed by atoms with E-state index in [1.54, 1.807) is 43.4 Å². The van der Waals surface area contributed by atoms with Gasteiger partial charge in [-0.05, 0) is 36.4 Å². The van der Waals surface area contributed by atoms with Crippen molar-refractivity contribution < 1.29 is 19.1 Å². The summed E-state index contributed by atoms with van der Waals surface area (Å²) in [5.74, 6) is -1.11. The third-order valence-electron chi connectivity index (χ3n) is 5.08. The summed E-state index contributed by atoms with van der Waals surface area (Å²) in [6, 6.07) is 10.4. The van der Waals surface area contributed by atoms with Crippen molar-refractivity contribution in [3.05, 3.63) is 52.2 Å². The molecule has 7 heteroatoms. The Labute approximate surface area is 174 Å². The van der Waals surface area contributed by atoms with E-state index >= 15 is 0 Å². The second-order valence-corrected chi connectivity index (χ2v) is 8.14. The van der Waals surface area contributed by atoms with Gasteiger partial charge in [0.25, 0.3) is 11.8 Å². The van der Waals surface area contributed by atoms with Crippen molar-refractivity contribution in [2.75, 3.05) is 18.6 Å². The molecule has 1 aromatic heterocycles. The van der Waals surface area contributed by atoms with Crippen LogP contribution in [-0.2, 0) is 9.53 Å². The van der Waals surface area contributed by atoms with Crippen LogP contribution in [0.3, 0.4) is 0 Å². The molecule has 6 nitrogen and oxygen atoms in total. The van der Waals surface area contributed by atoms with Gasteiger partial charge in [-0.3, -0.25) is 9.59 Å². The van der Waals surface area contributed by atoms with E-state index in [-0.39, 0.29) is 30.0 Å². The highest BCUT2D eigenvalue weighted by Crippen LogP contribution is 2.23.